The molecule has 0 aliphatic carbocycles. The Morgan fingerprint density at radius 3 is 2.80 bits per heavy atom. The van der Waals surface area contributed by atoms with Gasteiger partial charge in [-0.15, -0.1) is 21.5 Å². The first-order chi connectivity index (χ1) is 9.72. The standard InChI is InChI=1S/C13H12ClN5S/c1-9-2-3-10(19-7-17-18-8-19)4-12(9)15-5-11-6-16-13(14)20-11/h2-4,6-8,15H,5H2,1H3. The summed E-state index contributed by atoms with van der Waals surface area (Å²) in [7, 11) is 0. The van der Waals surface area contributed by atoms with Crippen LogP contribution in [0.4, 0.5) is 5.69 Å². The van der Waals surface area contributed by atoms with Crippen molar-refractivity contribution in [1.29, 1.82) is 0 Å². The number of nitrogens with one attached hydrogen (secondary N) is 1. The fraction of sp³-hybridized carbons (Fsp3) is 0.154. The average Bonchev–Trinajstić information content (AvgIpc) is 3.09. The molecule has 0 aliphatic rings. The van der Waals surface area contributed by atoms with Crippen molar-refractivity contribution < 1.29 is 0 Å². The quantitative estimate of drug-likeness (QED) is 0.803. The van der Waals surface area contributed by atoms with Crippen molar-refractivity contribution in [2.24, 2.45) is 0 Å². The monoisotopic (exact) mass is 305 g/mol. The third kappa shape index (κ3) is 2.81. The van der Waals surface area contributed by atoms with Crippen molar-refractivity contribution in [1.82, 2.24) is 19.7 Å². The minimum absolute atomic E-state index is 0.566. The van der Waals surface area contributed by atoms with E-state index in [0.717, 1.165) is 16.3 Å². The van der Waals surface area contributed by atoms with Gasteiger partial charge in [0, 0.05) is 16.8 Å². The topological polar surface area (TPSA) is 55.6 Å². The Labute approximate surface area is 125 Å². The zero-order valence-electron chi connectivity index (χ0n) is 10.7. The molecular weight excluding hydrogens is 294 g/mol. The van der Waals surface area contributed by atoms with Crippen molar-refractivity contribution >= 4 is 28.6 Å². The van der Waals surface area contributed by atoms with Crippen LogP contribution in [-0.2, 0) is 6.54 Å². The van der Waals surface area contributed by atoms with Gasteiger partial charge in [-0.05, 0) is 24.6 Å². The molecule has 1 N–H and O–H groups in total. The fourth-order valence-electron chi connectivity index (χ4n) is 1.84. The molecule has 3 aromatic rings. The predicted molar refractivity (Wildman–Crippen MR) is 80.5 cm³/mol. The first-order valence-electron chi connectivity index (χ1n) is 6.02. The van der Waals surface area contributed by atoms with Gasteiger partial charge in [-0.2, -0.15) is 0 Å². The number of hydrogen-bond donors (Lipinski definition) is 1. The Kier molecular flexibility index (Phi) is 3.66. The second kappa shape index (κ2) is 5.60. The van der Waals surface area contributed by atoms with E-state index >= 15 is 0 Å². The maximum Gasteiger partial charge on any atom is 0.183 e. The summed E-state index contributed by atoms with van der Waals surface area (Å²) in [5.41, 5.74) is 3.27. The summed E-state index contributed by atoms with van der Waals surface area (Å²) in [6.45, 7) is 2.77. The van der Waals surface area contributed by atoms with Gasteiger partial charge in [0.25, 0.3) is 0 Å². The van der Waals surface area contributed by atoms with Gasteiger partial charge in [0.1, 0.15) is 12.7 Å². The number of aryl methyl sites for hydroxylation is 1. The van der Waals surface area contributed by atoms with E-state index in [1.54, 1.807) is 18.9 Å². The van der Waals surface area contributed by atoms with E-state index in [1.165, 1.54) is 16.9 Å². The van der Waals surface area contributed by atoms with Crippen molar-refractivity contribution in [2.75, 3.05) is 5.32 Å². The van der Waals surface area contributed by atoms with Crippen LogP contribution >= 0.6 is 22.9 Å². The van der Waals surface area contributed by atoms with E-state index < -0.39 is 0 Å². The predicted octanol–water partition coefficient (Wildman–Crippen LogP) is 3.30. The number of benzene rings is 1. The second-order valence-corrected chi connectivity index (χ2v) is 6.00. The van der Waals surface area contributed by atoms with Crippen LogP contribution in [0.15, 0.2) is 37.1 Å². The summed E-state index contributed by atoms with van der Waals surface area (Å²) in [6, 6.07) is 6.17. The van der Waals surface area contributed by atoms with Crippen LogP contribution in [0.1, 0.15) is 10.4 Å². The molecule has 20 heavy (non-hydrogen) atoms. The highest BCUT2D eigenvalue weighted by Crippen LogP contribution is 2.22. The molecular formula is C13H12ClN5S. The van der Waals surface area contributed by atoms with E-state index in [9.17, 15) is 0 Å². The van der Waals surface area contributed by atoms with E-state index in [2.05, 4.69) is 39.6 Å². The summed E-state index contributed by atoms with van der Waals surface area (Å²) in [5.74, 6) is 0. The average molecular weight is 306 g/mol. The summed E-state index contributed by atoms with van der Waals surface area (Å²) in [6.07, 6.45) is 5.15. The summed E-state index contributed by atoms with van der Waals surface area (Å²) >= 11 is 7.31. The van der Waals surface area contributed by atoms with E-state index in [1.807, 2.05) is 10.6 Å². The molecule has 0 aliphatic heterocycles. The van der Waals surface area contributed by atoms with Crippen LogP contribution in [-0.4, -0.2) is 19.7 Å². The van der Waals surface area contributed by atoms with Crippen molar-refractivity contribution in [2.45, 2.75) is 13.5 Å². The Bertz CT molecular complexity index is 707. The molecule has 2 aromatic heterocycles. The Balaban J connectivity index is 1.80. The highest BCUT2D eigenvalue weighted by atomic mass is 35.5. The lowest BCUT2D eigenvalue weighted by Gasteiger charge is -2.11. The lowest BCUT2D eigenvalue weighted by molar-refractivity contribution is 1.05. The first-order valence-corrected chi connectivity index (χ1v) is 7.21. The molecule has 0 bridgehead atoms. The minimum atomic E-state index is 0.566. The van der Waals surface area contributed by atoms with Gasteiger partial charge in [-0.25, -0.2) is 4.98 Å². The summed E-state index contributed by atoms with van der Waals surface area (Å²) in [5, 5.41) is 11.0. The van der Waals surface area contributed by atoms with Crippen LogP contribution in [0.2, 0.25) is 4.47 Å². The molecule has 5 nitrogen and oxygen atoms in total. The number of hydrogen-bond acceptors (Lipinski definition) is 5. The highest BCUT2D eigenvalue weighted by Gasteiger charge is 2.04. The van der Waals surface area contributed by atoms with E-state index in [-0.39, 0.29) is 0 Å². The smallest absolute Gasteiger partial charge is 0.183 e. The normalized spacial score (nSPS) is 10.7. The maximum atomic E-state index is 5.83. The molecule has 0 radical (unpaired) electrons. The van der Waals surface area contributed by atoms with E-state index in [0.29, 0.717) is 11.0 Å². The molecule has 3 rings (SSSR count). The summed E-state index contributed by atoms with van der Waals surface area (Å²) in [4.78, 5) is 5.13. The highest BCUT2D eigenvalue weighted by molar-refractivity contribution is 7.15. The Morgan fingerprint density at radius 1 is 1.30 bits per heavy atom. The van der Waals surface area contributed by atoms with Gasteiger partial charge in [0.05, 0.1) is 12.2 Å². The van der Waals surface area contributed by atoms with Crippen LogP contribution < -0.4 is 5.32 Å². The molecule has 0 saturated heterocycles. The van der Waals surface area contributed by atoms with Crippen LogP contribution in [0, 0.1) is 6.92 Å². The fourth-order valence-corrected chi connectivity index (χ4v) is 2.76. The number of aromatic nitrogens is 4. The molecule has 0 fully saturated rings. The molecule has 7 heteroatoms. The van der Waals surface area contributed by atoms with Gasteiger partial charge in [0.2, 0.25) is 0 Å². The third-order valence-corrected chi connectivity index (χ3v) is 4.03. The number of rotatable bonds is 4. The van der Waals surface area contributed by atoms with Crippen LogP contribution in [0.5, 0.6) is 0 Å². The van der Waals surface area contributed by atoms with Crippen molar-refractivity contribution in [3.05, 3.63) is 52.0 Å². The molecule has 0 amide bonds. The third-order valence-electron chi connectivity index (χ3n) is 2.92. The molecule has 0 atom stereocenters. The number of thiazole rings is 1. The molecule has 2 heterocycles. The molecule has 1 aromatic carbocycles. The minimum Gasteiger partial charge on any atom is -0.380 e. The molecule has 102 valence electrons. The van der Waals surface area contributed by atoms with Gasteiger partial charge in [0.15, 0.2) is 4.47 Å². The number of anilines is 1. The van der Waals surface area contributed by atoms with E-state index in [4.69, 9.17) is 11.6 Å². The first kappa shape index (κ1) is 13.1. The SMILES string of the molecule is Cc1ccc(-n2cnnc2)cc1NCc1cnc(Cl)s1. The largest absolute Gasteiger partial charge is 0.380 e. The van der Waals surface area contributed by atoms with Gasteiger partial charge < -0.3 is 5.32 Å². The number of nitrogens with zero attached hydrogens (tertiary/aromatic N) is 4. The molecule has 0 spiro atoms. The molecule has 0 saturated carbocycles. The van der Waals surface area contributed by atoms with Crippen LogP contribution in [0.3, 0.4) is 0 Å². The lowest BCUT2D eigenvalue weighted by atomic mass is 10.1. The van der Waals surface area contributed by atoms with Crippen LogP contribution in [0.25, 0.3) is 5.69 Å². The van der Waals surface area contributed by atoms with Gasteiger partial charge in [-0.1, -0.05) is 17.7 Å². The Hall–Kier alpha value is -1.92. The van der Waals surface area contributed by atoms with Crippen molar-refractivity contribution in [3.63, 3.8) is 0 Å². The van der Waals surface area contributed by atoms with Gasteiger partial charge >= 0.3 is 0 Å². The van der Waals surface area contributed by atoms with Crippen molar-refractivity contribution in [3.8, 4) is 5.69 Å². The lowest BCUT2D eigenvalue weighted by Crippen LogP contribution is -2.01. The zero-order chi connectivity index (χ0) is 13.9. The zero-order valence-corrected chi connectivity index (χ0v) is 12.3. The second-order valence-electron chi connectivity index (χ2n) is 4.30. The summed E-state index contributed by atoms with van der Waals surface area (Å²) < 4.78 is 2.44. The van der Waals surface area contributed by atoms with Gasteiger partial charge in [-0.3, -0.25) is 4.57 Å². The molecule has 0 unspecified atom stereocenters. The maximum absolute atomic E-state index is 5.83. The Morgan fingerprint density at radius 2 is 2.10 bits per heavy atom. The number of halogens is 1.